The molecule has 0 amide bonds. The van der Waals surface area contributed by atoms with Gasteiger partial charge in [-0.15, -0.1) is 12.4 Å². The van der Waals surface area contributed by atoms with Gasteiger partial charge in [0.2, 0.25) is 0 Å². The van der Waals surface area contributed by atoms with E-state index in [4.69, 9.17) is 22.1 Å². The average Bonchev–Trinajstić information content (AvgIpc) is 2.28. The van der Waals surface area contributed by atoms with Gasteiger partial charge in [0.05, 0.1) is 13.2 Å². The zero-order chi connectivity index (χ0) is 11.8. The van der Waals surface area contributed by atoms with Gasteiger partial charge >= 0.3 is 0 Å². The van der Waals surface area contributed by atoms with Crippen molar-refractivity contribution >= 4 is 24.0 Å². The van der Waals surface area contributed by atoms with Crippen molar-refractivity contribution in [1.82, 2.24) is 4.90 Å². The maximum atomic E-state index is 5.82. The van der Waals surface area contributed by atoms with E-state index >= 15 is 0 Å². The summed E-state index contributed by atoms with van der Waals surface area (Å²) >= 11 is 5.82. The van der Waals surface area contributed by atoms with Gasteiger partial charge in [0.1, 0.15) is 0 Å². The summed E-state index contributed by atoms with van der Waals surface area (Å²) in [7, 11) is 2.07. The fourth-order valence-corrected chi connectivity index (χ4v) is 1.51. The first-order chi connectivity index (χ1) is 7.72. The number of halogens is 2. The molecule has 0 aromatic heterocycles. The number of likely N-dealkylation sites (N-methyl/N-ethyl adjacent to an activating group) is 1. The molecule has 0 aliphatic rings. The maximum absolute atomic E-state index is 5.82. The molecule has 0 aliphatic carbocycles. The summed E-state index contributed by atoms with van der Waals surface area (Å²) in [6.07, 6.45) is 0. The van der Waals surface area contributed by atoms with E-state index in [1.807, 2.05) is 24.3 Å². The summed E-state index contributed by atoms with van der Waals surface area (Å²) in [5, 5.41) is 0.776. The number of nitrogens with zero attached hydrogens (tertiary/aromatic N) is 1. The van der Waals surface area contributed by atoms with Crippen LogP contribution < -0.4 is 5.73 Å². The third kappa shape index (κ3) is 7.58. The third-order valence-corrected chi connectivity index (χ3v) is 2.50. The van der Waals surface area contributed by atoms with E-state index in [9.17, 15) is 0 Å². The van der Waals surface area contributed by atoms with Crippen LogP contribution in [0.25, 0.3) is 0 Å². The van der Waals surface area contributed by atoms with Crippen LogP contribution in [0.15, 0.2) is 24.3 Å². The standard InChI is InChI=1S/C12H19ClN2O.ClH/c1-15(7-9-16-8-6-14)10-11-2-4-12(13)5-3-11;/h2-5H,6-10,14H2,1H3;1H. The van der Waals surface area contributed by atoms with E-state index < -0.39 is 0 Å². The molecule has 98 valence electrons. The minimum atomic E-state index is 0. The van der Waals surface area contributed by atoms with Crippen LogP contribution in [-0.2, 0) is 11.3 Å². The van der Waals surface area contributed by atoms with Crippen molar-refractivity contribution in [2.45, 2.75) is 6.54 Å². The molecule has 0 saturated heterocycles. The number of benzene rings is 1. The van der Waals surface area contributed by atoms with E-state index in [1.165, 1.54) is 5.56 Å². The summed E-state index contributed by atoms with van der Waals surface area (Å²) in [5.41, 5.74) is 6.59. The molecule has 0 atom stereocenters. The fourth-order valence-electron chi connectivity index (χ4n) is 1.39. The lowest BCUT2D eigenvalue weighted by molar-refractivity contribution is 0.115. The molecule has 1 aromatic carbocycles. The number of nitrogens with two attached hydrogens (primary N) is 1. The Hall–Kier alpha value is -0.320. The van der Waals surface area contributed by atoms with Gasteiger partial charge in [0.25, 0.3) is 0 Å². The van der Waals surface area contributed by atoms with Crippen LogP contribution in [0.2, 0.25) is 5.02 Å². The van der Waals surface area contributed by atoms with Gasteiger partial charge < -0.3 is 10.5 Å². The highest BCUT2D eigenvalue weighted by molar-refractivity contribution is 6.30. The number of rotatable bonds is 7. The van der Waals surface area contributed by atoms with Crippen LogP contribution in [0.5, 0.6) is 0 Å². The summed E-state index contributed by atoms with van der Waals surface area (Å²) in [6, 6.07) is 7.91. The summed E-state index contributed by atoms with van der Waals surface area (Å²) in [4.78, 5) is 2.21. The smallest absolute Gasteiger partial charge is 0.0594 e. The average molecular weight is 279 g/mol. The Labute approximate surface area is 114 Å². The lowest BCUT2D eigenvalue weighted by atomic mass is 10.2. The van der Waals surface area contributed by atoms with Crippen LogP contribution >= 0.6 is 24.0 Å². The highest BCUT2D eigenvalue weighted by Crippen LogP contribution is 2.10. The minimum Gasteiger partial charge on any atom is -0.379 e. The first-order valence-electron chi connectivity index (χ1n) is 5.43. The van der Waals surface area contributed by atoms with Gasteiger partial charge in [0, 0.05) is 24.7 Å². The predicted octanol–water partition coefficient (Wildman–Crippen LogP) is 2.17. The Kier molecular flexibility index (Phi) is 9.50. The monoisotopic (exact) mass is 278 g/mol. The molecule has 17 heavy (non-hydrogen) atoms. The van der Waals surface area contributed by atoms with E-state index in [1.54, 1.807) is 0 Å². The van der Waals surface area contributed by atoms with Crippen molar-refractivity contribution in [2.24, 2.45) is 5.73 Å². The summed E-state index contributed by atoms with van der Waals surface area (Å²) in [5.74, 6) is 0. The fraction of sp³-hybridized carbons (Fsp3) is 0.500. The summed E-state index contributed by atoms with van der Waals surface area (Å²) in [6.45, 7) is 3.75. The molecule has 5 heteroatoms. The van der Waals surface area contributed by atoms with E-state index in [-0.39, 0.29) is 12.4 Å². The minimum absolute atomic E-state index is 0. The summed E-state index contributed by atoms with van der Waals surface area (Å²) < 4.78 is 5.32. The van der Waals surface area contributed by atoms with E-state index in [0.717, 1.165) is 24.7 Å². The predicted molar refractivity (Wildman–Crippen MR) is 74.9 cm³/mol. The van der Waals surface area contributed by atoms with Gasteiger partial charge in [-0.05, 0) is 24.7 Å². The molecule has 3 nitrogen and oxygen atoms in total. The van der Waals surface area contributed by atoms with Crippen LogP contribution in [0.1, 0.15) is 5.56 Å². The number of hydrogen-bond donors (Lipinski definition) is 1. The zero-order valence-corrected chi connectivity index (χ0v) is 11.6. The molecular weight excluding hydrogens is 259 g/mol. The van der Waals surface area contributed by atoms with Crippen molar-refractivity contribution in [1.29, 1.82) is 0 Å². The Bertz CT molecular complexity index is 293. The zero-order valence-electron chi connectivity index (χ0n) is 10.1. The van der Waals surface area contributed by atoms with Crippen molar-refractivity contribution in [3.63, 3.8) is 0 Å². The molecule has 2 N–H and O–H groups in total. The molecule has 1 aromatic rings. The molecule has 0 fully saturated rings. The van der Waals surface area contributed by atoms with E-state index in [2.05, 4.69) is 11.9 Å². The molecule has 0 unspecified atom stereocenters. The largest absolute Gasteiger partial charge is 0.379 e. The normalized spacial score (nSPS) is 10.4. The van der Waals surface area contributed by atoms with Gasteiger partial charge in [0.15, 0.2) is 0 Å². The first-order valence-corrected chi connectivity index (χ1v) is 5.81. The lowest BCUT2D eigenvalue weighted by Gasteiger charge is -2.16. The molecule has 0 bridgehead atoms. The first kappa shape index (κ1) is 16.7. The molecule has 0 aliphatic heterocycles. The Morgan fingerprint density at radius 2 is 1.88 bits per heavy atom. The van der Waals surface area contributed by atoms with E-state index in [0.29, 0.717) is 13.2 Å². The van der Waals surface area contributed by atoms with Gasteiger partial charge in [-0.2, -0.15) is 0 Å². The van der Waals surface area contributed by atoms with Gasteiger partial charge in [-0.3, -0.25) is 4.90 Å². The number of ether oxygens (including phenoxy) is 1. The third-order valence-electron chi connectivity index (χ3n) is 2.25. The highest BCUT2D eigenvalue weighted by atomic mass is 35.5. The molecule has 0 radical (unpaired) electrons. The SMILES string of the molecule is CN(CCOCCN)Cc1ccc(Cl)cc1.Cl. The second-order valence-corrected chi connectivity index (χ2v) is 4.20. The topological polar surface area (TPSA) is 38.5 Å². The van der Waals surface area contributed by atoms with Gasteiger partial charge in [-0.1, -0.05) is 23.7 Å². The van der Waals surface area contributed by atoms with Crippen molar-refractivity contribution < 1.29 is 4.74 Å². The van der Waals surface area contributed by atoms with Crippen molar-refractivity contribution in [3.05, 3.63) is 34.9 Å². The molecular formula is C12H20Cl2N2O. The van der Waals surface area contributed by atoms with Crippen molar-refractivity contribution in [3.8, 4) is 0 Å². The second-order valence-electron chi connectivity index (χ2n) is 3.77. The molecule has 0 saturated carbocycles. The lowest BCUT2D eigenvalue weighted by Crippen LogP contribution is -2.23. The Balaban J connectivity index is 0.00000256. The Morgan fingerprint density at radius 1 is 1.24 bits per heavy atom. The second kappa shape index (κ2) is 9.68. The van der Waals surface area contributed by atoms with Crippen LogP contribution in [0, 0.1) is 0 Å². The molecule has 0 spiro atoms. The number of hydrogen-bond acceptors (Lipinski definition) is 3. The highest BCUT2D eigenvalue weighted by Gasteiger charge is 2.00. The van der Waals surface area contributed by atoms with Crippen LogP contribution in [0.4, 0.5) is 0 Å². The van der Waals surface area contributed by atoms with Crippen LogP contribution in [0.3, 0.4) is 0 Å². The molecule has 1 rings (SSSR count). The maximum Gasteiger partial charge on any atom is 0.0594 e. The molecule has 0 heterocycles. The quantitative estimate of drug-likeness (QED) is 0.777. The van der Waals surface area contributed by atoms with Crippen LogP contribution in [-0.4, -0.2) is 38.3 Å². The van der Waals surface area contributed by atoms with Crippen molar-refractivity contribution in [2.75, 3.05) is 33.4 Å². The van der Waals surface area contributed by atoms with Gasteiger partial charge in [-0.25, -0.2) is 0 Å². The Morgan fingerprint density at radius 3 is 2.47 bits per heavy atom.